The number of benzene rings is 1. The van der Waals surface area contributed by atoms with Crippen LogP contribution in [0.5, 0.6) is 0 Å². The van der Waals surface area contributed by atoms with Crippen molar-refractivity contribution >= 4 is 44.9 Å². The predicted molar refractivity (Wildman–Crippen MR) is 73.0 cm³/mol. The Kier molecular flexibility index (Phi) is 3.01. The second-order valence-corrected chi connectivity index (χ2v) is 6.10. The van der Waals surface area contributed by atoms with Gasteiger partial charge in [-0.2, -0.15) is 0 Å². The average molecular weight is 279 g/mol. The molecule has 0 saturated heterocycles. The van der Waals surface area contributed by atoms with Gasteiger partial charge < -0.3 is 0 Å². The predicted octanol–water partition coefficient (Wildman–Crippen LogP) is 4.50. The molecule has 17 heavy (non-hydrogen) atoms. The lowest BCUT2D eigenvalue weighted by molar-refractivity contribution is 1.25. The van der Waals surface area contributed by atoms with Gasteiger partial charge in [-0.3, -0.25) is 0 Å². The second kappa shape index (κ2) is 4.64. The molecular weight excluding hydrogens is 272 g/mol. The van der Waals surface area contributed by atoms with Gasteiger partial charge in [-0.05, 0) is 24.3 Å². The number of thiazole rings is 1. The van der Waals surface area contributed by atoms with Crippen LogP contribution in [0.3, 0.4) is 0 Å². The van der Waals surface area contributed by atoms with Gasteiger partial charge in [-0.25, -0.2) is 9.97 Å². The summed E-state index contributed by atoms with van der Waals surface area (Å²) in [5.74, 6) is 0. The molecule has 0 N–H and O–H groups in total. The molecule has 0 atom stereocenters. The molecule has 2 heterocycles. The number of pyridine rings is 1. The Hall–Kier alpha value is -1.10. The average Bonchev–Trinajstić information content (AvgIpc) is 2.71. The summed E-state index contributed by atoms with van der Waals surface area (Å²) < 4.78 is 2.23. The summed E-state index contributed by atoms with van der Waals surface area (Å²) >= 11 is 9.15. The molecule has 84 valence electrons. The first-order valence-electron chi connectivity index (χ1n) is 4.96. The molecule has 0 saturated carbocycles. The monoisotopic (exact) mass is 278 g/mol. The van der Waals surface area contributed by atoms with Crippen LogP contribution in [0.1, 0.15) is 0 Å². The largest absolute Gasteiger partial charge is 0.244 e. The van der Waals surface area contributed by atoms with Gasteiger partial charge in [0.2, 0.25) is 0 Å². The van der Waals surface area contributed by atoms with E-state index in [2.05, 4.69) is 16.0 Å². The van der Waals surface area contributed by atoms with Crippen molar-refractivity contribution in [2.45, 2.75) is 9.24 Å². The summed E-state index contributed by atoms with van der Waals surface area (Å²) in [6.45, 7) is 0. The third-order valence-corrected chi connectivity index (χ3v) is 4.47. The maximum atomic E-state index is 5.85. The fraction of sp³-hybridized carbons (Fsp3) is 0. The lowest BCUT2D eigenvalue weighted by Gasteiger charge is -1.96. The lowest BCUT2D eigenvalue weighted by Crippen LogP contribution is -1.75. The highest BCUT2D eigenvalue weighted by Crippen LogP contribution is 2.34. The third-order valence-electron chi connectivity index (χ3n) is 2.18. The van der Waals surface area contributed by atoms with E-state index in [0.717, 1.165) is 14.8 Å². The Bertz CT molecular complexity index is 633. The van der Waals surface area contributed by atoms with Crippen LogP contribution in [0.15, 0.2) is 51.8 Å². The van der Waals surface area contributed by atoms with E-state index in [9.17, 15) is 0 Å². The number of aromatic nitrogens is 2. The van der Waals surface area contributed by atoms with Crippen molar-refractivity contribution in [1.82, 2.24) is 9.97 Å². The standard InChI is InChI=1S/C12H7ClN2S2/c13-11-7-8(5-6-14-11)16-12-15-9-3-1-2-4-10(9)17-12/h1-7H. The van der Waals surface area contributed by atoms with Crippen molar-refractivity contribution in [3.63, 3.8) is 0 Å². The van der Waals surface area contributed by atoms with Gasteiger partial charge in [0.1, 0.15) is 5.15 Å². The van der Waals surface area contributed by atoms with Gasteiger partial charge in [-0.1, -0.05) is 35.5 Å². The van der Waals surface area contributed by atoms with E-state index < -0.39 is 0 Å². The Morgan fingerprint density at radius 2 is 2.06 bits per heavy atom. The van der Waals surface area contributed by atoms with E-state index in [1.54, 1.807) is 29.3 Å². The summed E-state index contributed by atoms with van der Waals surface area (Å²) in [6, 6.07) is 11.9. The molecule has 0 aliphatic rings. The lowest BCUT2D eigenvalue weighted by atomic mass is 10.3. The summed E-state index contributed by atoms with van der Waals surface area (Å²) in [4.78, 5) is 9.57. The highest BCUT2D eigenvalue weighted by Gasteiger charge is 2.05. The van der Waals surface area contributed by atoms with Gasteiger partial charge in [0.05, 0.1) is 10.2 Å². The molecule has 2 nitrogen and oxygen atoms in total. The van der Waals surface area contributed by atoms with Crippen molar-refractivity contribution in [3.8, 4) is 0 Å². The molecule has 0 radical (unpaired) electrons. The van der Waals surface area contributed by atoms with Gasteiger partial charge >= 0.3 is 0 Å². The Morgan fingerprint density at radius 1 is 1.18 bits per heavy atom. The zero-order chi connectivity index (χ0) is 11.7. The van der Waals surface area contributed by atoms with Gasteiger partial charge in [-0.15, -0.1) is 11.3 Å². The van der Waals surface area contributed by atoms with Crippen LogP contribution in [0, 0.1) is 0 Å². The highest BCUT2D eigenvalue weighted by atomic mass is 35.5. The minimum Gasteiger partial charge on any atom is -0.244 e. The maximum Gasteiger partial charge on any atom is 0.155 e. The van der Waals surface area contributed by atoms with Crippen LogP contribution in [-0.4, -0.2) is 9.97 Å². The summed E-state index contributed by atoms with van der Waals surface area (Å²) in [5.41, 5.74) is 1.04. The smallest absolute Gasteiger partial charge is 0.155 e. The number of nitrogens with zero attached hydrogens (tertiary/aromatic N) is 2. The quantitative estimate of drug-likeness (QED) is 0.646. The number of hydrogen-bond donors (Lipinski definition) is 0. The van der Waals surface area contributed by atoms with Gasteiger partial charge in [0.15, 0.2) is 4.34 Å². The molecule has 0 unspecified atom stereocenters. The van der Waals surface area contributed by atoms with Gasteiger partial charge in [0.25, 0.3) is 0 Å². The van der Waals surface area contributed by atoms with Crippen molar-refractivity contribution in [2.75, 3.05) is 0 Å². The van der Waals surface area contributed by atoms with Crippen molar-refractivity contribution in [1.29, 1.82) is 0 Å². The molecule has 0 spiro atoms. The SMILES string of the molecule is Clc1cc(Sc2nc3ccccc3s2)ccn1. The van der Waals surface area contributed by atoms with Crippen molar-refractivity contribution < 1.29 is 0 Å². The Morgan fingerprint density at radius 3 is 2.88 bits per heavy atom. The molecule has 2 aromatic heterocycles. The fourth-order valence-corrected chi connectivity index (χ4v) is 3.75. The van der Waals surface area contributed by atoms with E-state index in [0.29, 0.717) is 5.15 Å². The number of halogens is 1. The normalized spacial score (nSPS) is 10.9. The van der Waals surface area contributed by atoms with Crippen LogP contribution < -0.4 is 0 Å². The third kappa shape index (κ3) is 2.44. The molecule has 0 amide bonds. The molecule has 0 aliphatic carbocycles. The molecule has 0 aliphatic heterocycles. The fourth-order valence-electron chi connectivity index (χ4n) is 1.44. The zero-order valence-electron chi connectivity index (χ0n) is 8.63. The first kappa shape index (κ1) is 11.0. The highest BCUT2D eigenvalue weighted by molar-refractivity contribution is 8.01. The first-order chi connectivity index (χ1) is 8.31. The molecule has 3 rings (SSSR count). The van der Waals surface area contributed by atoms with Crippen LogP contribution >= 0.6 is 34.7 Å². The Balaban J connectivity index is 1.94. The minimum absolute atomic E-state index is 0.510. The Labute approximate surface area is 112 Å². The topological polar surface area (TPSA) is 25.8 Å². The molecule has 5 heteroatoms. The van der Waals surface area contributed by atoms with E-state index in [4.69, 9.17) is 11.6 Å². The number of rotatable bonds is 2. The number of hydrogen-bond acceptors (Lipinski definition) is 4. The van der Waals surface area contributed by atoms with Crippen LogP contribution in [0.2, 0.25) is 5.15 Å². The van der Waals surface area contributed by atoms with Crippen LogP contribution in [-0.2, 0) is 0 Å². The first-order valence-corrected chi connectivity index (χ1v) is 6.97. The van der Waals surface area contributed by atoms with E-state index in [1.165, 1.54) is 4.70 Å². The summed E-state index contributed by atoms with van der Waals surface area (Å²) in [7, 11) is 0. The molecule has 1 aromatic carbocycles. The molecule has 3 aromatic rings. The van der Waals surface area contributed by atoms with Crippen molar-refractivity contribution in [2.24, 2.45) is 0 Å². The van der Waals surface area contributed by atoms with Crippen molar-refractivity contribution in [3.05, 3.63) is 47.7 Å². The zero-order valence-corrected chi connectivity index (χ0v) is 11.0. The molecule has 0 fully saturated rings. The number of para-hydroxylation sites is 1. The second-order valence-electron chi connectivity index (χ2n) is 3.36. The number of fused-ring (bicyclic) bond motifs is 1. The van der Waals surface area contributed by atoms with Gasteiger partial charge in [0, 0.05) is 11.1 Å². The summed E-state index contributed by atoms with van der Waals surface area (Å²) in [5, 5.41) is 0.510. The van der Waals surface area contributed by atoms with E-state index in [1.807, 2.05) is 30.3 Å². The van der Waals surface area contributed by atoms with Crippen LogP contribution in [0.25, 0.3) is 10.2 Å². The summed E-state index contributed by atoms with van der Waals surface area (Å²) in [6.07, 6.45) is 1.71. The molecular formula is C12H7ClN2S2. The van der Waals surface area contributed by atoms with Crippen LogP contribution in [0.4, 0.5) is 0 Å². The molecule has 0 bridgehead atoms. The maximum absolute atomic E-state index is 5.85. The minimum atomic E-state index is 0.510. The van der Waals surface area contributed by atoms with E-state index in [-0.39, 0.29) is 0 Å². The van der Waals surface area contributed by atoms with E-state index >= 15 is 0 Å².